The number of hydrogen-bond donors (Lipinski definition) is 0. The predicted octanol–water partition coefficient (Wildman–Crippen LogP) is 3.85. The summed E-state index contributed by atoms with van der Waals surface area (Å²) >= 11 is 0. The molecule has 0 bridgehead atoms. The van der Waals surface area contributed by atoms with E-state index in [1.54, 1.807) is 53.6 Å². The molecule has 130 valence electrons. The van der Waals surface area contributed by atoms with Crippen molar-refractivity contribution in [3.05, 3.63) is 78.7 Å². The quantitative estimate of drug-likeness (QED) is 0.563. The Morgan fingerprint density at radius 1 is 1.23 bits per heavy atom. The third kappa shape index (κ3) is 2.86. The second-order valence-electron chi connectivity index (χ2n) is 6.15. The van der Waals surface area contributed by atoms with Gasteiger partial charge in [-0.25, -0.2) is 9.97 Å². The number of para-hydroxylation sites is 1. The van der Waals surface area contributed by atoms with Crippen LogP contribution in [0.15, 0.2) is 71.8 Å². The lowest BCUT2D eigenvalue weighted by Gasteiger charge is -2.23. The van der Waals surface area contributed by atoms with Crippen molar-refractivity contribution in [2.24, 2.45) is 0 Å². The molecule has 3 aromatic heterocycles. The van der Waals surface area contributed by atoms with Crippen LogP contribution in [-0.4, -0.2) is 32.4 Å². The number of nitrogens with zero attached hydrogens (tertiary/aromatic N) is 4. The second kappa shape index (κ2) is 6.48. The van der Waals surface area contributed by atoms with Crippen LogP contribution in [0.3, 0.4) is 0 Å². The number of benzene rings is 1. The highest BCUT2D eigenvalue weighted by molar-refractivity contribution is 5.94. The fourth-order valence-corrected chi connectivity index (χ4v) is 2.84. The number of hydrogen-bond acceptors (Lipinski definition) is 4. The lowest BCUT2D eigenvalue weighted by molar-refractivity contribution is 0.0727. The second-order valence-corrected chi connectivity index (χ2v) is 6.15. The van der Waals surface area contributed by atoms with Crippen LogP contribution in [0.5, 0.6) is 0 Å². The lowest BCUT2D eigenvalue weighted by Crippen LogP contribution is -2.29. The molecule has 0 N–H and O–H groups in total. The van der Waals surface area contributed by atoms with Crippen molar-refractivity contribution in [2.45, 2.75) is 13.0 Å². The van der Waals surface area contributed by atoms with Gasteiger partial charge < -0.3 is 9.32 Å². The van der Waals surface area contributed by atoms with Crippen LogP contribution in [0.1, 0.15) is 29.1 Å². The molecule has 26 heavy (non-hydrogen) atoms. The van der Waals surface area contributed by atoms with Gasteiger partial charge in [0.05, 0.1) is 11.6 Å². The van der Waals surface area contributed by atoms with Crippen LogP contribution in [0.25, 0.3) is 16.8 Å². The van der Waals surface area contributed by atoms with Gasteiger partial charge in [0.25, 0.3) is 5.91 Å². The molecule has 6 nitrogen and oxygen atoms in total. The number of aromatic nitrogens is 3. The standard InChI is InChI=1S/C20H18N4O2/c1-14(18-11-15-5-3-4-6-17(15)26-18)23(2)20(25)16-7-8-19(22-12-16)24-10-9-21-13-24/h3-14H,1-2H3. The van der Waals surface area contributed by atoms with E-state index >= 15 is 0 Å². The Balaban J connectivity index is 1.55. The molecule has 0 aliphatic carbocycles. The fourth-order valence-electron chi connectivity index (χ4n) is 2.84. The summed E-state index contributed by atoms with van der Waals surface area (Å²) in [6.45, 7) is 1.95. The van der Waals surface area contributed by atoms with Gasteiger partial charge in [-0.1, -0.05) is 18.2 Å². The first-order valence-electron chi connectivity index (χ1n) is 8.33. The summed E-state index contributed by atoms with van der Waals surface area (Å²) in [7, 11) is 1.77. The molecule has 0 saturated heterocycles. The van der Waals surface area contributed by atoms with Crippen molar-refractivity contribution in [1.29, 1.82) is 0 Å². The van der Waals surface area contributed by atoms with E-state index in [4.69, 9.17) is 4.42 Å². The molecule has 3 heterocycles. The van der Waals surface area contributed by atoms with E-state index in [1.165, 1.54) is 0 Å². The van der Waals surface area contributed by atoms with Gasteiger partial charge in [0, 0.05) is 31.0 Å². The highest BCUT2D eigenvalue weighted by Gasteiger charge is 2.22. The maximum atomic E-state index is 12.8. The predicted molar refractivity (Wildman–Crippen MR) is 98.1 cm³/mol. The lowest BCUT2D eigenvalue weighted by atomic mass is 10.1. The zero-order chi connectivity index (χ0) is 18.1. The SMILES string of the molecule is CC(c1cc2ccccc2o1)N(C)C(=O)c1ccc(-n2ccnc2)nc1. The first kappa shape index (κ1) is 16.1. The van der Waals surface area contributed by atoms with Gasteiger partial charge in [-0.15, -0.1) is 0 Å². The summed E-state index contributed by atoms with van der Waals surface area (Å²) in [5, 5.41) is 1.03. The first-order valence-corrected chi connectivity index (χ1v) is 8.33. The van der Waals surface area contributed by atoms with Gasteiger partial charge in [0.15, 0.2) is 0 Å². The monoisotopic (exact) mass is 346 g/mol. The van der Waals surface area contributed by atoms with E-state index in [0.717, 1.165) is 16.7 Å². The van der Waals surface area contributed by atoms with E-state index in [1.807, 2.05) is 37.3 Å². The summed E-state index contributed by atoms with van der Waals surface area (Å²) in [5.41, 5.74) is 1.35. The Morgan fingerprint density at radius 2 is 2.08 bits per heavy atom. The van der Waals surface area contributed by atoms with Crippen molar-refractivity contribution < 1.29 is 9.21 Å². The molecule has 0 radical (unpaired) electrons. The Labute approximate surface area is 150 Å². The number of rotatable bonds is 4. The highest BCUT2D eigenvalue weighted by atomic mass is 16.3. The Hall–Kier alpha value is -3.41. The molecular weight excluding hydrogens is 328 g/mol. The molecule has 0 saturated carbocycles. The van der Waals surface area contributed by atoms with Gasteiger partial charge >= 0.3 is 0 Å². The molecule has 1 unspecified atom stereocenters. The van der Waals surface area contributed by atoms with Crippen LogP contribution in [0.4, 0.5) is 0 Å². The molecule has 0 aliphatic heterocycles. The topological polar surface area (TPSA) is 64.2 Å². The van der Waals surface area contributed by atoms with Gasteiger partial charge in [-0.3, -0.25) is 9.36 Å². The van der Waals surface area contributed by atoms with Crippen molar-refractivity contribution in [3.63, 3.8) is 0 Å². The number of pyridine rings is 1. The number of carbonyl (C=O) groups is 1. The van der Waals surface area contributed by atoms with Crippen LogP contribution >= 0.6 is 0 Å². The molecule has 1 aromatic carbocycles. The average molecular weight is 346 g/mol. The third-order valence-electron chi connectivity index (χ3n) is 4.52. The molecule has 1 amide bonds. The summed E-state index contributed by atoms with van der Waals surface area (Å²) in [6, 6.07) is 13.2. The number of carbonyl (C=O) groups excluding carboxylic acids is 1. The number of furan rings is 1. The number of fused-ring (bicyclic) bond motifs is 1. The van der Waals surface area contributed by atoms with Gasteiger partial charge in [-0.05, 0) is 31.2 Å². The molecule has 4 aromatic rings. The summed E-state index contributed by atoms with van der Waals surface area (Å²) in [6.07, 6.45) is 6.74. The van der Waals surface area contributed by atoms with E-state index in [-0.39, 0.29) is 11.9 Å². The first-order chi connectivity index (χ1) is 12.6. The van der Waals surface area contributed by atoms with Crippen LogP contribution in [-0.2, 0) is 0 Å². The summed E-state index contributed by atoms with van der Waals surface area (Å²) < 4.78 is 7.67. The van der Waals surface area contributed by atoms with Gasteiger partial charge in [-0.2, -0.15) is 0 Å². The number of imidazole rings is 1. The van der Waals surface area contributed by atoms with E-state index in [9.17, 15) is 4.79 Å². The van der Waals surface area contributed by atoms with Gasteiger partial charge in [0.2, 0.25) is 0 Å². The van der Waals surface area contributed by atoms with Gasteiger partial charge in [0.1, 0.15) is 23.5 Å². The van der Waals surface area contributed by atoms with Crippen LogP contribution in [0, 0.1) is 0 Å². The smallest absolute Gasteiger partial charge is 0.255 e. The molecule has 0 aliphatic rings. The van der Waals surface area contributed by atoms with E-state index < -0.39 is 0 Å². The fraction of sp³-hybridized carbons (Fsp3) is 0.150. The van der Waals surface area contributed by atoms with Crippen LogP contribution < -0.4 is 0 Å². The van der Waals surface area contributed by atoms with Crippen molar-refractivity contribution in [3.8, 4) is 5.82 Å². The van der Waals surface area contributed by atoms with Crippen molar-refractivity contribution in [2.75, 3.05) is 7.05 Å². The van der Waals surface area contributed by atoms with Crippen molar-refractivity contribution >= 4 is 16.9 Å². The third-order valence-corrected chi connectivity index (χ3v) is 4.52. The maximum absolute atomic E-state index is 12.8. The Kier molecular flexibility index (Phi) is 4.01. The Bertz CT molecular complexity index is 1000. The minimum Gasteiger partial charge on any atom is -0.459 e. The zero-order valence-corrected chi connectivity index (χ0v) is 14.5. The van der Waals surface area contributed by atoms with Crippen LogP contribution in [0.2, 0.25) is 0 Å². The molecule has 6 heteroatoms. The maximum Gasteiger partial charge on any atom is 0.255 e. The van der Waals surface area contributed by atoms with Crippen molar-refractivity contribution in [1.82, 2.24) is 19.4 Å². The highest BCUT2D eigenvalue weighted by Crippen LogP contribution is 2.27. The molecule has 1 atom stereocenters. The summed E-state index contributed by atoms with van der Waals surface area (Å²) in [4.78, 5) is 22.8. The normalized spacial score (nSPS) is 12.2. The largest absolute Gasteiger partial charge is 0.459 e. The molecule has 4 rings (SSSR count). The minimum atomic E-state index is -0.191. The average Bonchev–Trinajstić information content (AvgIpc) is 3.36. The molecular formula is C20H18N4O2. The van der Waals surface area contributed by atoms with E-state index in [2.05, 4.69) is 9.97 Å². The Morgan fingerprint density at radius 3 is 2.77 bits per heavy atom. The van der Waals surface area contributed by atoms with E-state index in [0.29, 0.717) is 11.4 Å². The summed E-state index contributed by atoms with van der Waals surface area (Å²) in [5.74, 6) is 1.36. The minimum absolute atomic E-state index is 0.109. The molecule has 0 fully saturated rings. The zero-order valence-electron chi connectivity index (χ0n) is 14.5. The molecule has 0 spiro atoms. The number of amides is 1.